The molecular weight excluding hydrogens is 769 g/mol. The maximum Gasteiger partial charge on any atom is 0.135 e. The SMILES string of the molecule is c1cc(-c2cccc(-c3cccc(-c4ccc5oc6ccc(-c7ccc8oc9ccccc9c8c7)cc6c5c4)c3)c2)cc(-c2cccc(-c3ccc4oc5ccccc5c4c3)c2)c1. The Morgan fingerprint density at radius 3 is 0.667 bits per heavy atom. The minimum atomic E-state index is 0.879. The maximum absolute atomic E-state index is 6.37. The molecule has 0 aliphatic carbocycles. The lowest BCUT2D eigenvalue weighted by Crippen LogP contribution is -1.85. The molecule has 10 aromatic carbocycles. The molecule has 3 nitrogen and oxygen atoms in total. The first kappa shape index (κ1) is 35.4. The van der Waals surface area contributed by atoms with Crippen molar-refractivity contribution < 1.29 is 13.3 Å². The van der Waals surface area contributed by atoms with Crippen molar-refractivity contribution in [1.29, 1.82) is 0 Å². The first-order valence-corrected chi connectivity index (χ1v) is 21.4. The summed E-state index contributed by atoms with van der Waals surface area (Å²) < 4.78 is 18.6. The van der Waals surface area contributed by atoms with Gasteiger partial charge in [0.2, 0.25) is 0 Å². The minimum Gasteiger partial charge on any atom is -0.456 e. The van der Waals surface area contributed by atoms with Crippen molar-refractivity contribution in [2.75, 3.05) is 0 Å². The molecule has 294 valence electrons. The standard InChI is InChI=1S/C60H36O3/c1-3-19-55-49(17-1)51-33-45(21-25-57(51)61-55)43-15-7-13-41(31-43)39-11-5-9-37(29-39)38-10-6-12-40(30-38)42-14-8-16-44(32-42)46-22-27-59-53(35-46)54-36-48(24-28-60(54)63-59)47-23-26-58-52(34-47)50-18-2-4-20-56(50)62-58/h1-36H. The van der Waals surface area contributed by atoms with E-state index >= 15 is 0 Å². The van der Waals surface area contributed by atoms with E-state index in [2.05, 4.69) is 194 Å². The molecule has 3 heteroatoms. The lowest BCUT2D eigenvalue weighted by Gasteiger charge is -2.11. The van der Waals surface area contributed by atoms with Gasteiger partial charge in [-0.3, -0.25) is 0 Å². The van der Waals surface area contributed by atoms with Crippen molar-refractivity contribution in [3.8, 4) is 66.8 Å². The molecule has 0 aliphatic rings. The Hall–Kier alpha value is -8.40. The van der Waals surface area contributed by atoms with E-state index < -0.39 is 0 Å². The summed E-state index contributed by atoms with van der Waals surface area (Å²) in [5.41, 5.74) is 19.4. The van der Waals surface area contributed by atoms with Gasteiger partial charge < -0.3 is 13.3 Å². The average molecular weight is 805 g/mol. The molecule has 0 saturated heterocycles. The van der Waals surface area contributed by atoms with E-state index in [1.54, 1.807) is 0 Å². The Kier molecular flexibility index (Phi) is 7.91. The van der Waals surface area contributed by atoms with E-state index in [4.69, 9.17) is 13.3 Å². The van der Waals surface area contributed by atoms with E-state index in [0.29, 0.717) is 0 Å². The first-order chi connectivity index (χ1) is 31.1. The number of para-hydroxylation sites is 2. The van der Waals surface area contributed by atoms with Crippen LogP contribution in [0.1, 0.15) is 0 Å². The molecule has 0 spiro atoms. The second kappa shape index (κ2) is 14.1. The van der Waals surface area contributed by atoms with Gasteiger partial charge in [0.05, 0.1) is 0 Å². The van der Waals surface area contributed by atoms with E-state index in [0.717, 1.165) is 88.1 Å². The predicted molar refractivity (Wildman–Crippen MR) is 261 cm³/mol. The van der Waals surface area contributed by atoms with Crippen molar-refractivity contribution >= 4 is 65.8 Å². The Morgan fingerprint density at radius 1 is 0.159 bits per heavy atom. The zero-order valence-corrected chi connectivity index (χ0v) is 34.0. The van der Waals surface area contributed by atoms with Crippen molar-refractivity contribution in [3.63, 3.8) is 0 Å². The molecule has 0 atom stereocenters. The zero-order chi connectivity index (χ0) is 41.4. The Morgan fingerprint density at radius 2 is 0.381 bits per heavy atom. The van der Waals surface area contributed by atoms with Crippen LogP contribution in [0.5, 0.6) is 0 Å². The van der Waals surface area contributed by atoms with Crippen LogP contribution in [0.2, 0.25) is 0 Å². The van der Waals surface area contributed by atoms with Gasteiger partial charge >= 0.3 is 0 Å². The van der Waals surface area contributed by atoms with Gasteiger partial charge in [0.25, 0.3) is 0 Å². The molecule has 0 N–H and O–H groups in total. The second-order valence-corrected chi connectivity index (χ2v) is 16.5. The van der Waals surface area contributed by atoms with Gasteiger partial charge in [-0.15, -0.1) is 0 Å². The summed E-state index contributed by atoms with van der Waals surface area (Å²) in [5.74, 6) is 0. The third-order valence-electron chi connectivity index (χ3n) is 12.7. The maximum atomic E-state index is 6.37. The van der Waals surface area contributed by atoms with E-state index in [1.807, 2.05) is 24.3 Å². The summed E-state index contributed by atoms with van der Waals surface area (Å²) in [4.78, 5) is 0. The molecule has 0 bridgehead atoms. The van der Waals surface area contributed by atoms with Crippen LogP contribution in [0.15, 0.2) is 232 Å². The number of rotatable bonds is 6. The number of hydrogen-bond donors (Lipinski definition) is 0. The number of benzene rings is 10. The van der Waals surface area contributed by atoms with Gasteiger partial charge in [-0.25, -0.2) is 0 Å². The Labute approximate surface area is 362 Å². The number of furan rings is 3. The van der Waals surface area contributed by atoms with Crippen LogP contribution in [0.25, 0.3) is 133 Å². The summed E-state index contributed by atoms with van der Waals surface area (Å²) >= 11 is 0. The summed E-state index contributed by atoms with van der Waals surface area (Å²) in [6.07, 6.45) is 0. The average Bonchev–Trinajstić information content (AvgIpc) is 4.04. The van der Waals surface area contributed by atoms with E-state index in [1.165, 1.54) is 44.5 Å². The fraction of sp³-hybridized carbons (Fsp3) is 0. The van der Waals surface area contributed by atoms with Gasteiger partial charge in [0.15, 0.2) is 0 Å². The van der Waals surface area contributed by atoms with Gasteiger partial charge in [0.1, 0.15) is 33.5 Å². The van der Waals surface area contributed by atoms with Crippen molar-refractivity contribution in [1.82, 2.24) is 0 Å². The highest BCUT2D eigenvalue weighted by Crippen LogP contribution is 2.39. The van der Waals surface area contributed by atoms with Crippen molar-refractivity contribution in [3.05, 3.63) is 218 Å². The van der Waals surface area contributed by atoms with Crippen molar-refractivity contribution in [2.45, 2.75) is 0 Å². The number of fused-ring (bicyclic) bond motifs is 9. The molecular formula is C60H36O3. The molecule has 0 fully saturated rings. The fourth-order valence-electron chi connectivity index (χ4n) is 9.46. The highest BCUT2D eigenvalue weighted by Gasteiger charge is 2.14. The van der Waals surface area contributed by atoms with Gasteiger partial charge in [-0.2, -0.15) is 0 Å². The van der Waals surface area contributed by atoms with Crippen LogP contribution in [-0.4, -0.2) is 0 Å². The first-order valence-electron chi connectivity index (χ1n) is 21.4. The molecule has 0 radical (unpaired) electrons. The molecule has 13 aromatic rings. The number of hydrogen-bond acceptors (Lipinski definition) is 3. The minimum absolute atomic E-state index is 0.879. The zero-order valence-electron chi connectivity index (χ0n) is 34.0. The molecule has 3 aromatic heterocycles. The lowest BCUT2D eigenvalue weighted by atomic mass is 9.93. The highest BCUT2D eigenvalue weighted by atomic mass is 16.3. The molecule has 63 heavy (non-hydrogen) atoms. The van der Waals surface area contributed by atoms with Gasteiger partial charge in [-0.05, 0) is 152 Å². The largest absolute Gasteiger partial charge is 0.456 e. The third kappa shape index (κ3) is 6.05. The van der Waals surface area contributed by atoms with Crippen LogP contribution < -0.4 is 0 Å². The topological polar surface area (TPSA) is 39.4 Å². The smallest absolute Gasteiger partial charge is 0.135 e. The summed E-state index contributed by atoms with van der Waals surface area (Å²) in [6, 6.07) is 77.8. The van der Waals surface area contributed by atoms with Crippen LogP contribution in [0, 0.1) is 0 Å². The van der Waals surface area contributed by atoms with E-state index in [9.17, 15) is 0 Å². The van der Waals surface area contributed by atoms with Crippen LogP contribution in [0.4, 0.5) is 0 Å². The second-order valence-electron chi connectivity index (χ2n) is 16.5. The monoisotopic (exact) mass is 804 g/mol. The van der Waals surface area contributed by atoms with Crippen molar-refractivity contribution in [2.24, 2.45) is 0 Å². The molecule has 0 amide bonds. The molecule has 0 unspecified atom stereocenters. The predicted octanol–water partition coefficient (Wildman–Crippen LogP) is 17.4. The summed E-state index contributed by atoms with van der Waals surface area (Å²) in [6.45, 7) is 0. The Bertz CT molecular complexity index is 3930. The van der Waals surface area contributed by atoms with Crippen LogP contribution in [-0.2, 0) is 0 Å². The lowest BCUT2D eigenvalue weighted by molar-refractivity contribution is 0.668. The van der Waals surface area contributed by atoms with Gasteiger partial charge in [-0.1, -0.05) is 133 Å². The molecule has 3 heterocycles. The van der Waals surface area contributed by atoms with Crippen LogP contribution in [0.3, 0.4) is 0 Å². The summed E-state index contributed by atoms with van der Waals surface area (Å²) in [7, 11) is 0. The Balaban J connectivity index is 0.805. The van der Waals surface area contributed by atoms with Crippen LogP contribution >= 0.6 is 0 Å². The highest BCUT2D eigenvalue weighted by molar-refractivity contribution is 6.10. The molecule has 0 saturated carbocycles. The normalized spacial score (nSPS) is 11.8. The summed E-state index contributed by atoms with van der Waals surface area (Å²) in [5, 5.41) is 6.73. The van der Waals surface area contributed by atoms with E-state index in [-0.39, 0.29) is 0 Å². The van der Waals surface area contributed by atoms with Gasteiger partial charge in [0, 0.05) is 32.3 Å². The molecule has 0 aliphatic heterocycles. The third-order valence-corrected chi connectivity index (χ3v) is 12.7. The quantitative estimate of drug-likeness (QED) is 0.168. The molecule has 13 rings (SSSR count). The fourth-order valence-corrected chi connectivity index (χ4v) is 9.46.